The summed E-state index contributed by atoms with van der Waals surface area (Å²) in [5.74, 6) is 0.562. The van der Waals surface area contributed by atoms with E-state index in [1.807, 2.05) is 42.5 Å². The second-order valence-corrected chi connectivity index (χ2v) is 8.68. The number of methoxy groups -OCH3 is 1. The van der Waals surface area contributed by atoms with Gasteiger partial charge >= 0.3 is 5.97 Å². The fourth-order valence-electron chi connectivity index (χ4n) is 3.41. The molecule has 4 aromatic carbocycles. The first-order valence-corrected chi connectivity index (χ1v) is 11.9. The number of amides is 1. The lowest BCUT2D eigenvalue weighted by Gasteiger charge is -2.13. The number of halogens is 1. The Labute approximate surface area is 216 Å². The number of ether oxygens (including phenoxy) is 3. The van der Waals surface area contributed by atoms with Crippen LogP contribution in [0, 0.1) is 0 Å². The van der Waals surface area contributed by atoms with Crippen molar-refractivity contribution in [3.63, 3.8) is 0 Å². The molecule has 0 aliphatic rings. The first-order valence-electron chi connectivity index (χ1n) is 11.1. The Balaban J connectivity index is 1.52. The molecule has 4 aromatic rings. The minimum absolute atomic E-state index is 0.312. The molecule has 0 aromatic heterocycles. The smallest absolute Gasteiger partial charge is 0.343 e. The summed E-state index contributed by atoms with van der Waals surface area (Å²) in [6.07, 6.45) is 0.687. The third-order valence-corrected chi connectivity index (χ3v) is 5.85. The van der Waals surface area contributed by atoms with Crippen molar-refractivity contribution in [1.29, 1.82) is 0 Å². The third kappa shape index (κ3) is 6.09. The van der Waals surface area contributed by atoms with Gasteiger partial charge in [-0.05, 0) is 72.3 Å². The van der Waals surface area contributed by atoms with Gasteiger partial charge in [0.1, 0.15) is 17.2 Å². The lowest BCUT2D eigenvalue weighted by atomic mass is 10.0. The summed E-state index contributed by atoms with van der Waals surface area (Å²) in [6, 6.07) is 25.0. The summed E-state index contributed by atoms with van der Waals surface area (Å²) < 4.78 is 17.4. The quantitative estimate of drug-likeness (QED) is 0.132. The lowest BCUT2D eigenvalue weighted by Crippen LogP contribution is -2.33. The summed E-state index contributed by atoms with van der Waals surface area (Å²) in [5.41, 5.74) is 3.42. The van der Waals surface area contributed by atoms with E-state index in [1.54, 1.807) is 56.5 Å². The van der Waals surface area contributed by atoms with Gasteiger partial charge in [-0.25, -0.2) is 10.2 Å². The molecule has 0 saturated heterocycles. The third-order valence-electron chi connectivity index (χ3n) is 5.32. The topological polar surface area (TPSA) is 86.2 Å². The van der Waals surface area contributed by atoms with Gasteiger partial charge in [0.25, 0.3) is 5.91 Å². The molecule has 7 nitrogen and oxygen atoms in total. The highest BCUT2D eigenvalue weighted by molar-refractivity contribution is 9.10. The number of carbonyl (C=O) groups is 2. The summed E-state index contributed by atoms with van der Waals surface area (Å²) in [4.78, 5) is 25.3. The normalized spacial score (nSPS) is 11.8. The number of hydrazone groups is 1. The zero-order valence-corrected chi connectivity index (χ0v) is 21.2. The Kier molecular flexibility index (Phi) is 7.97. The average molecular weight is 547 g/mol. The highest BCUT2D eigenvalue weighted by atomic mass is 79.9. The second kappa shape index (κ2) is 11.5. The van der Waals surface area contributed by atoms with Crippen molar-refractivity contribution < 1.29 is 23.8 Å². The molecule has 0 aliphatic carbocycles. The highest BCUT2D eigenvalue weighted by Crippen LogP contribution is 2.27. The molecular formula is C28H23BrN2O5. The van der Waals surface area contributed by atoms with Crippen LogP contribution in [0.1, 0.15) is 22.8 Å². The van der Waals surface area contributed by atoms with E-state index < -0.39 is 18.0 Å². The number of esters is 1. The average Bonchev–Trinajstić information content (AvgIpc) is 2.90. The van der Waals surface area contributed by atoms with Crippen LogP contribution in [0.3, 0.4) is 0 Å². The standard InChI is InChI=1S/C28H23BrN2O5/c1-18(35-23-14-10-21(29)11-15-23)27(32)31-30-17-25-24-6-4-3-5-19(24)9-16-26(25)36-28(33)20-7-12-22(34-2)13-8-20/h3-18H,1-2H3,(H,31,32)/b30-17+. The number of carbonyl (C=O) groups excluding carboxylic acids is 2. The monoisotopic (exact) mass is 546 g/mol. The Morgan fingerprint density at radius 1 is 0.917 bits per heavy atom. The zero-order valence-electron chi connectivity index (χ0n) is 19.6. The van der Waals surface area contributed by atoms with Crippen LogP contribution in [0.5, 0.6) is 17.2 Å². The van der Waals surface area contributed by atoms with E-state index in [9.17, 15) is 9.59 Å². The molecule has 1 unspecified atom stereocenters. The van der Waals surface area contributed by atoms with Crippen LogP contribution >= 0.6 is 15.9 Å². The van der Waals surface area contributed by atoms with Gasteiger partial charge in [0.05, 0.1) is 18.9 Å². The van der Waals surface area contributed by atoms with Gasteiger partial charge < -0.3 is 14.2 Å². The molecule has 0 fully saturated rings. The number of hydrogen-bond donors (Lipinski definition) is 1. The summed E-state index contributed by atoms with van der Waals surface area (Å²) in [5, 5.41) is 5.86. The Morgan fingerprint density at radius 3 is 2.33 bits per heavy atom. The van der Waals surface area contributed by atoms with E-state index in [4.69, 9.17) is 14.2 Å². The summed E-state index contributed by atoms with van der Waals surface area (Å²) in [7, 11) is 1.56. The number of benzene rings is 4. The SMILES string of the molecule is COc1ccc(C(=O)Oc2ccc3ccccc3c2/C=N/NC(=O)C(C)Oc2ccc(Br)cc2)cc1. The molecule has 0 aliphatic heterocycles. The van der Waals surface area contributed by atoms with Crippen LogP contribution < -0.4 is 19.6 Å². The maximum absolute atomic E-state index is 12.8. The molecular weight excluding hydrogens is 524 g/mol. The van der Waals surface area contributed by atoms with Gasteiger partial charge in [0.2, 0.25) is 0 Å². The highest BCUT2D eigenvalue weighted by Gasteiger charge is 2.16. The van der Waals surface area contributed by atoms with Crippen LogP contribution in [-0.2, 0) is 4.79 Å². The molecule has 0 radical (unpaired) electrons. The van der Waals surface area contributed by atoms with Crippen molar-refractivity contribution in [2.24, 2.45) is 5.10 Å². The van der Waals surface area contributed by atoms with Crippen LogP contribution in [0.25, 0.3) is 10.8 Å². The van der Waals surface area contributed by atoms with E-state index in [2.05, 4.69) is 26.5 Å². The molecule has 4 rings (SSSR count). The molecule has 182 valence electrons. The van der Waals surface area contributed by atoms with Gasteiger partial charge in [0.15, 0.2) is 6.10 Å². The minimum Gasteiger partial charge on any atom is -0.497 e. The van der Waals surface area contributed by atoms with E-state index in [0.717, 1.165) is 15.2 Å². The van der Waals surface area contributed by atoms with Crippen molar-refractivity contribution in [2.75, 3.05) is 7.11 Å². The van der Waals surface area contributed by atoms with Gasteiger partial charge in [0, 0.05) is 10.0 Å². The van der Waals surface area contributed by atoms with Crippen molar-refractivity contribution >= 4 is 44.8 Å². The molecule has 1 amide bonds. The number of fused-ring (bicyclic) bond motifs is 1. The summed E-state index contributed by atoms with van der Waals surface area (Å²) in [6.45, 7) is 1.63. The largest absolute Gasteiger partial charge is 0.497 e. The predicted molar refractivity (Wildman–Crippen MR) is 142 cm³/mol. The Bertz CT molecular complexity index is 1400. The molecule has 0 heterocycles. The van der Waals surface area contributed by atoms with Gasteiger partial charge in [-0.2, -0.15) is 5.10 Å². The molecule has 0 spiro atoms. The zero-order chi connectivity index (χ0) is 25.5. The van der Waals surface area contributed by atoms with Crippen LogP contribution in [0.4, 0.5) is 0 Å². The molecule has 0 bridgehead atoms. The summed E-state index contributed by atoms with van der Waals surface area (Å²) >= 11 is 3.36. The maximum atomic E-state index is 12.8. The van der Waals surface area contributed by atoms with Gasteiger partial charge in [-0.3, -0.25) is 4.79 Å². The van der Waals surface area contributed by atoms with Gasteiger partial charge in [-0.1, -0.05) is 46.3 Å². The van der Waals surface area contributed by atoms with E-state index in [-0.39, 0.29) is 0 Å². The van der Waals surface area contributed by atoms with Crippen molar-refractivity contribution in [3.8, 4) is 17.2 Å². The first kappa shape index (κ1) is 24.9. The molecule has 8 heteroatoms. The van der Waals surface area contributed by atoms with Crippen molar-refractivity contribution in [2.45, 2.75) is 13.0 Å². The number of nitrogens with zero attached hydrogens (tertiary/aromatic N) is 1. The predicted octanol–water partition coefficient (Wildman–Crippen LogP) is 5.75. The van der Waals surface area contributed by atoms with E-state index in [1.165, 1.54) is 6.21 Å². The number of rotatable bonds is 8. The number of hydrogen-bond acceptors (Lipinski definition) is 6. The van der Waals surface area contributed by atoms with Crippen molar-refractivity contribution in [3.05, 3.63) is 101 Å². The Morgan fingerprint density at radius 2 is 1.61 bits per heavy atom. The number of nitrogens with one attached hydrogen (secondary N) is 1. The van der Waals surface area contributed by atoms with Crippen molar-refractivity contribution in [1.82, 2.24) is 5.43 Å². The maximum Gasteiger partial charge on any atom is 0.343 e. The van der Waals surface area contributed by atoms with Gasteiger partial charge in [-0.15, -0.1) is 0 Å². The Hall–Kier alpha value is -4.17. The fraction of sp³-hybridized carbons (Fsp3) is 0.107. The molecule has 36 heavy (non-hydrogen) atoms. The first-order chi connectivity index (χ1) is 17.4. The second-order valence-electron chi connectivity index (χ2n) is 7.76. The van der Waals surface area contributed by atoms with E-state index >= 15 is 0 Å². The lowest BCUT2D eigenvalue weighted by molar-refractivity contribution is -0.127. The van der Waals surface area contributed by atoms with E-state index in [0.29, 0.717) is 28.4 Å². The van der Waals surface area contributed by atoms with Crippen LogP contribution in [0.2, 0.25) is 0 Å². The molecule has 0 saturated carbocycles. The minimum atomic E-state index is -0.775. The van der Waals surface area contributed by atoms with Crippen LogP contribution in [-0.4, -0.2) is 31.3 Å². The van der Waals surface area contributed by atoms with Crippen LogP contribution in [0.15, 0.2) is 94.5 Å². The molecule has 1 atom stereocenters. The molecule has 1 N–H and O–H groups in total. The fourth-order valence-corrected chi connectivity index (χ4v) is 3.67.